The van der Waals surface area contributed by atoms with Gasteiger partial charge in [-0.1, -0.05) is 30.7 Å². The van der Waals surface area contributed by atoms with Gasteiger partial charge in [0.25, 0.3) is 0 Å². The molecular weight excluding hydrogens is 264 g/mol. The topological polar surface area (TPSA) is 24.9 Å². The smallest absolute Gasteiger partial charge is 0.107 e. The van der Waals surface area contributed by atoms with Gasteiger partial charge in [0.1, 0.15) is 5.01 Å². The van der Waals surface area contributed by atoms with Crippen LogP contribution in [0.25, 0.3) is 0 Å². The zero-order chi connectivity index (χ0) is 13.0. The van der Waals surface area contributed by atoms with Gasteiger partial charge in [-0.15, -0.1) is 11.3 Å². The largest absolute Gasteiger partial charge is 0.304 e. The average Bonchev–Trinajstić information content (AvgIpc) is 2.76. The quantitative estimate of drug-likeness (QED) is 0.881. The van der Waals surface area contributed by atoms with E-state index >= 15 is 0 Å². The number of nitrogens with one attached hydrogen (secondary N) is 1. The minimum absolute atomic E-state index is 0.327. The second-order valence-corrected chi connectivity index (χ2v) is 6.02. The Labute approximate surface area is 117 Å². The lowest BCUT2D eigenvalue weighted by atomic mass is 10.0. The number of hydrogen-bond acceptors (Lipinski definition) is 3. The average molecular weight is 281 g/mol. The highest BCUT2D eigenvalue weighted by Gasteiger charge is 2.09. The molecule has 0 aliphatic rings. The van der Waals surface area contributed by atoms with Crippen molar-refractivity contribution in [3.8, 4) is 0 Å². The van der Waals surface area contributed by atoms with E-state index in [-0.39, 0.29) is 0 Å². The van der Waals surface area contributed by atoms with Crippen LogP contribution in [0.4, 0.5) is 0 Å². The van der Waals surface area contributed by atoms with Crippen LogP contribution in [0.15, 0.2) is 30.5 Å². The van der Waals surface area contributed by atoms with Crippen molar-refractivity contribution >= 4 is 22.9 Å². The molecule has 0 fully saturated rings. The standard InChI is InChI=1S/C14H17ClN2S/c1-3-13(11-5-4-6-12(15)7-11)16-9-14-17-8-10(2)18-14/h4-8,13,16H,3,9H2,1-2H3. The Morgan fingerprint density at radius 1 is 1.44 bits per heavy atom. The van der Waals surface area contributed by atoms with Crippen LogP contribution in [-0.4, -0.2) is 4.98 Å². The summed E-state index contributed by atoms with van der Waals surface area (Å²) in [5.74, 6) is 0. The van der Waals surface area contributed by atoms with Gasteiger partial charge in [-0.2, -0.15) is 0 Å². The highest BCUT2D eigenvalue weighted by atomic mass is 35.5. The van der Waals surface area contributed by atoms with Crippen molar-refractivity contribution in [3.05, 3.63) is 50.9 Å². The normalized spacial score (nSPS) is 12.6. The summed E-state index contributed by atoms with van der Waals surface area (Å²) in [6.07, 6.45) is 2.95. The van der Waals surface area contributed by atoms with Gasteiger partial charge >= 0.3 is 0 Å². The predicted molar refractivity (Wildman–Crippen MR) is 78.2 cm³/mol. The summed E-state index contributed by atoms with van der Waals surface area (Å²) in [6.45, 7) is 5.06. The van der Waals surface area contributed by atoms with Gasteiger partial charge < -0.3 is 5.32 Å². The maximum absolute atomic E-state index is 6.03. The predicted octanol–water partition coefficient (Wildman–Crippen LogP) is 4.35. The van der Waals surface area contributed by atoms with Crippen molar-refractivity contribution in [2.45, 2.75) is 32.9 Å². The molecule has 2 nitrogen and oxygen atoms in total. The van der Waals surface area contributed by atoms with Gasteiger partial charge in [0.15, 0.2) is 0 Å². The Hall–Kier alpha value is -0.900. The molecule has 0 aliphatic heterocycles. The van der Waals surface area contributed by atoms with Gasteiger partial charge in [0, 0.05) is 28.7 Å². The molecule has 2 rings (SSSR count). The molecule has 0 bridgehead atoms. The van der Waals surface area contributed by atoms with Crippen molar-refractivity contribution < 1.29 is 0 Å². The van der Waals surface area contributed by atoms with E-state index in [1.54, 1.807) is 11.3 Å². The molecule has 1 aromatic carbocycles. The summed E-state index contributed by atoms with van der Waals surface area (Å²) in [6, 6.07) is 8.36. The minimum Gasteiger partial charge on any atom is -0.304 e. The first-order valence-corrected chi connectivity index (χ1v) is 7.28. The fourth-order valence-electron chi connectivity index (χ4n) is 1.91. The van der Waals surface area contributed by atoms with Crippen LogP contribution in [0.3, 0.4) is 0 Å². The molecule has 0 amide bonds. The summed E-state index contributed by atoms with van der Waals surface area (Å²) >= 11 is 7.77. The molecule has 0 aliphatic carbocycles. The van der Waals surface area contributed by atoms with Crippen LogP contribution in [-0.2, 0) is 6.54 Å². The Bertz CT molecular complexity index is 510. The van der Waals surface area contributed by atoms with E-state index in [4.69, 9.17) is 11.6 Å². The maximum atomic E-state index is 6.03. The third kappa shape index (κ3) is 3.55. The number of aromatic nitrogens is 1. The molecular formula is C14H17ClN2S. The highest BCUT2D eigenvalue weighted by molar-refractivity contribution is 7.11. The van der Waals surface area contributed by atoms with Crippen LogP contribution in [0.2, 0.25) is 5.02 Å². The Kier molecular flexibility index (Phi) is 4.75. The van der Waals surface area contributed by atoms with E-state index in [0.29, 0.717) is 6.04 Å². The second-order valence-electron chi connectivity index (χ2n) is 4.26. The molecule has 1 heterocycles. The molecule has 96 valence electrons. The molecule has 4 heteroatoms. The number of aryl methyl sites for hydroxylation is 1. The van der Waals surface area contributed by atoms with Crippen LogP contribution in [0.1, 0.15) is 34.8 Å². The first-order chi connectivity index (χ1) is 8.69. The maximum Gasteiger partial charge on any atom is 0.107 e. The lowest BCUT2D eigenvalue weighted by molar-refractivity contribution is 0.518. The molecule has 1 atom stereocenters. The van der Waals surface area contributed by atoms with Gasteiger partial charge in [-0.05, 0) is 31.0 Å². The van der Waals surface area contributed by atoms with Crippen LogP contribution < -0.4 is 5.32 Å². The molecule has 0 radical (unpaired) electrons. The van der Waals surface area contributed by atoms with Crippen molar-refractivity contribution in [3.63, 3.8) is 0 Å². The van der Waals surface area contributed by atoms with Gasteiger partial charge in [-0.25, -0.2) is 4.98 Å². The van der Waals surface area contributed by atoms with Crippen LogP contribution in [0.5, 0.6) is 0 Å². The molecule has 1 unspecified atom stereocenters. The number of hydrogen-bond donors (Lipinski definition) is 1. The highest BCUT2D eigenvalue weighted by Crippen LogP contribution is 2.21. The Morgan fingerprint density at radius 2 is 2.28 bits per heavy atom. The van der Waals surface area contributed by atoms with E-state index in [1.807, 2.05) is 24.4 Å². The third-order valence-electron chi connectivity index (χ3n) is 2.83. The van der Waals surface area contributed by atoms with Crippen molar-refractivity contribution in [2.24, 2.45) is 0 Å². The minimum atomic E-state index is 0.327. The van der Waals surface area contributed by atoms with Crippen molar-refractivity contribution in [2.75, 3.05) is 0 Å². The number of rotatable bonds is 5. The number of halogens is 1. The van der Waals surface area contributed by atoms with E-state index in [9.17, 15) is 0 Å². The number of benzene rings is 1. The van der Waals surface area contributed by atoms with Crippen LogP contribution >= 0.6 is 22.9 Å². The molecule has 0 saturated heterocycles. The first kappa shape index (κ1) is 13.5. The number of nitrogens with zero attached hydrogens (tertiary/aromatic N) is 1. The Morgan fingerprint density at radius 3 is 2.89 bits per heavy atom. The summed E-state index contributed by atoms with van der Waals surface area (Å²) < 4.78 is 0. The van der Waals surface area contributed by atoms with Gasteiger partial charge in [0.05, 0.1) is 0 Å². The van der Waals surface area contributed by atoms with E-state index in [1.165, 1.54) is 10.4 Å². The summed E-state index contributed by atoms with van der Waals surface area (Å²) in [5.41, 5.74) is 1.23. The molecule has 18 heavy (non-hydrogen) atoms. The first-order valence-electron chi connectivity index (χ1n) is 6.09. The third-order valence-corrected chi connectivity index (χ3v) is 3.98. The summed E-state index contributed by atoms with van der Waals surface area (Å²) in [5, 5.41) is 5.45. The Balaban J connectivity index is 2.01. The number of thiazole rings is 1. The zero-order valence-electron chi connectivity index (χ0n) is 10.6. The molecule has 0 spiro atoms. The van der Waals surface area contributed by atoms with Gasteiger partial charge in [-0.3, -0.25) is 0 Å². The van der Waals surface area contributed by atoms with E-state index in [2.05, 4.69) is 30.2 Å². The lowest BCUT2D eigenvalue weighted by Gasteiger charge is -2.16. The monoisotopic (exact) mass is 280 g/mol. The van der Waals surface area contributed by atoms with Gasteiger partial charge in [0.2, 0.25) is 0 Å². The molecule has 1 N–H and O–H groups in total. The molecule has 2 aromatic rings. The van der Waals surface area contributed by atoms with E-state index in [0.717, 1.165) is 23.0 Å². The van der Waals surface area contributed by atoms with E-state index < -0.39 is 0 Å². The zero-order valence-corrected chi connectivity index (χ0v) is 12.2. The fraction of sp³-hybridized carbons (Fsp3) is 0.357. The van der Waals surface area contributed by atoms with Crippen LogP contribution in [0, 0.1) is 6.92 Å². The molecule has 0 saturated carbocycles. The molecule has 1 aromatic heterocycles. The summed E-state index contributed by atoms with van der Waals surface area (Å²) in [7, 11) is 0. The summed E-state index contributed by atoms with van der Waals surface area (Å²) in [4.78, 5) is 5.62. The van der Waals surface area contributed by atoms with Crippen molar-refractivity contribution in [1.82, 2.24) is 10.3 Å². The van der Waals surface area contributed by atoms with Crippen molar-refractivity contribution in [1.29, 1.82) is 0 Å². The SMILES string of the molecule is CCC(NCc1ncc(C)s1)c1cccc(Cl)c1. The second kappa shape index (κ2) is 6.32. The fourth-order valence-corrected chi connectivity index (χ4v) is 2.85. The lowest BCUT2D eigenvalue weighted by Crippen LogP contribution is -2.20.